The third-order valence-corrected chi connectivity index (χ3v) is 2.36. The second-order valence-electron chi connectivity index (χ2n) is 2.51. The van der Waals surface area contributed by atoms with Gasteiger partial charge in [0.05, 0.1) is 6.61 Å². The van der Waals surface area contributed by atoms with Crippen molar-refractivity contribution in [1.82, 2.24) is 0 Å². The molecule has 0 saturated heterocycles. The summed E-state index contributed by atoms with van der Waals surface area (Å²) in [6.45, 7) is 1.69. The Hall–Kier alpha value is -1.56. The molecule has 1 heterocycles. The maximum absolute atomic E-state index is 10.9. The van der Waals surface area contributed by atoms with Crippen molar-refractivity contribution in [3.05, 3.63) is 16.3 Å². The molecule has 82 valence electrons. The van der Waals surface area contributed by atoms with Crippen LogP contribution < -0.4 is 4.74 Å². The molecule has 1 N–H and O–H groups in total. The molecule has 1 aromatic heterocycles. The molecule has 0 unspecified atom stereocenters. The number of carboxylic acids is 1. The van der Waals surface area contributed by atoms with Crippen molar-refractivity contribution >= 4 is 23.3 Å². The molecule has 0 aliphatic carbocycles. The van der Waals surface area contributed by atoms with E-state index in [4.69, 9.17) is 9.84 Å². The summed E-state index contributed by atoms with van der Waals surface area (Å²) in [6.07, 6.45) is 0. The molecule has 0 aliphatic rings. The van der Waals surface area contributed by atoms with Gasteiger partial charge < -0.3 is 14.6 Å². The van der Waals surface area contributed by atoms with Crippen LogP contribution >= 0.6 is 11.3 Å². The lowest BCUT2D eigenvalue weighted by Gasteiger charge is -2.04. The molecule has 15 heavy (non-hydrogen) atoms. The third-order valence-electron chi connectivity index (χ3n) is 1.47. The van der Waals surface area contributed by atoms with Crippen molar-refractivity contribution in [3.63, 3.8) is 0 Å². The maximum Gasteiger partial charge on any atom is 0.349 e. The molecule has 0 aliphatic heterocycles. The van der Waals surface area contributed by atoms with Gasteiger partial charge >= 0.3 is 11.9 Å². The van der Waals surface area contributed by atoms with Crippen LogP contribution in [0, 0.1) is 0 Å². The van der Waals surface area contributed by atoms with Crippen LogP contribution in [0.25, 0.3) is 0 Å². The average Bonchev–Trinajstić information content (AvgIpc) is 2.63. The Morgan fingerprint density at radius 3 is 2.87 bits per heavy atom. The molecule has 0 atom stereocenters. The van der Waals surface area contributed by atoms with E-state index in [2.05, 4.69) is 4.74 Å². The Morgan fingerprint density at radius 1 is 1.53 bits per heavy atom. The topological polar surface area (TPSA) is 72.8 Å². The molecule has 0 spiro atoms. The summed E-state index contributed by atoms with van der Waals surface area (Å²) in [5, 5.41) is 10.3. The molecule has 0 radical (unpaired) electrons. The van der Waals surface area contributed by atoms with Gasteiger partial charge in [-0.1, -0.05) is 0 Å². The van der Waals surface area contributed by atoms with E-state index < -0.39 is 11.9 Å². The van der Waals surface area contributed by atoms with Crippen molar-refractivity contribution in [3.8, 4) is 5.75 Å². The predicted molar refractivity (Wildman–Crippen MR) is 53.4 cm³/mol. The largest absolute Gasteiger partial charge is 0.480 e. The minimum Gasteiger partial charge on any atom is -0.480 e. The highest BCUT2D eigenvalue weighted by atomic mass is 32.1. The van der Waals surface area contributed by atoms with E-state index in [1.807, 2.05) is 0 Å². The van der Waals surface area contributed by atoms with Gasteiger partial charge in [-0.05, 0) is 18.4 Å². The van der Waals surface area contributed by atoms with Crippen molar-refractivity contribution in [1.29, 1.82) is 0 Å². The van der Waals surface area contributed by atoms with Gasteiger partial charge in [-0.25, -0.2) is 9.59 Å². The molecule has 6 heteroatoms. The minimum atomic E-state index is -1.07. The molecule has 0 aromatic carbocycles. The predicted octanol–water partition coefficient (Wildman–Crippen LogP) is 1.39. The first-order valence-electron chi connectivity index (χ1n) is 4.24. The minimum absolute atomic E-state index is 0.0827. The van der Waals surface area contributed by atoms with E-state index in [9.17, 15) is 9.59 Å². The number of aromatic carboxylic acids is 1. The summed E-state index contributed by atoms with van der Waals surface area (Å²) in [4.78, 5) is 21.7. The number of hydrogen-bond acceptors (Lipinski definition) is 5. The molecule has 0 amide bonds. The first-order chi connectivity index (χ1) is 7.15. The van der Waals surface area contributed by atoms with Gasteiger partial charge in [0, 0.05) is 0 Å². The fourth-order valence-corrected chi connectivity index (χ4v) is 1.58. The summed E-state index contributed by atoms with van der Waals surface area (Å²) in [5.74, 6) is -1.38. The number of carbonyl (C=O) groups excluding carboxylic acids is 1. The first kappa shape index (κ1) is 11.5. The lowest BCUT2D eigenvalue weighted by molar-refractivity contribution is -0.145. The number of hydrogen-bond donors (Lipinski definition) is 1. The zero-order chi connectivity index (χ0) is 11.3. The summed E-state index contributed by atoms with van der Waals surface area (Å²) < 4.78 is 9.64. The second kappa shape index (κ2) is 5.35. The summed E-state index contributed by atoms with van der Waals surface area (Å²) in [6, 6.07) is 1.51. The second-order valence-corrected chi connectivity index (χ2v) is 3.43. The Bertz CT molecular complexity index is 357. The Balaban J connectivity index is 2.54. The van der Waals surface area contributed by atoms with Gasteiger partial charge in [-0.3, -0.25) is 0 Å². The van der Waals surface area contributed by atoms with E-state index in [-0.39, 0.29) is 23.8 Å². The summed E-state index contributed by atoms with van der Waals surface area (Å²) in [5.41, 5.74) is 0. The van der Waals surface area contributed by atoms with Crippen LogP contribution in [0.1, 0.15) is 16.6 Å². The van der Waals surface area contributed by atoms with Gasteiger partial charge in [0.1, 0.15) is 5.75 Å². The molecule has 0 fully saturated rings. The maximum atomic E-state index is 10.9. The lowest BCUT2D eigenvalue weighted by Crippen LogP contribution is -2.15. The van der Waals surface area contributed by atoms with Crippen molar-refractivity contribution in [2.45, 2.75) is 6.92 Å². The molecule has 0 saturated carbocycles. The molecule has 5 nitrogen and oxygen atoms in total. The van der Waals surface area contributed by atoms with E-state index in [0.717, 1.165) is 11.3 Å². The summed E-state index contributed by atoms with van der Waals surface area (Å²) >= 11 is 1.05. The Labute approximate surface area is 90.2 Å². The highest BCUT2D eigenvalue weighted by Gasteiger charge is 2.14. The molecule has 1 rings (SSSR count). The van der Waals surface area contributed by atoms with Gasteiger partial charge in [-0.2, -0.15) is 0 Å². The van der Waals surface area contributed by atoms with Crippen LogP contribution in [0.5, 0.6) is 5.75 Å². The number of thiophene rings is 1. The van der Waals surface area contributed by atoms with Crippen LogP contribution in [0.15, 0.2) is 11.4 Å². The fraction of sp³-hybridized carbons (Fsp3) is 0.333. The van der Waals surface area contributed by atoms with E-state index in [1.54, 1.807) is 12.3 Å². The van der Waals surface area contributed by atoms with Crippen LogP contribution in [0.4, 0.5) is 0 Å². The molecule has 1 aromatic rings. The first-order valence-corrected chi connectivity index (χ1v) is 5.12. The molecule has 0 bridgehead atoms. The van der Waals surface area contributed by atoms with Gasteiger partial charge in [0.25, 0.3) is 0 Å². The monoisotopic (exact) mass is 230 g/mol. The Kier molecular flexibility index (Phi) is 4.11. The lowest BCUT2D eigenvalue weighted by atomic mass is 10.4. The van der Waals surface area contributed by atoms with E-state index in [0.29, 0.717) is 0 Å². The SMILES string of the molecule is CCOC(=O)COc1ccsc1C(=O)O. The van der Waals surface area contributed by atoms with Crippen LogP contribution in [0.2, 0.25) is 0 Å². The van der Waals surface area contributed by atoms with Crippen LogP contribution in [-0.4, -0.2) is 30.3 Å². The van der Waals surface area contributed by atoms with Crippen molar-refractivity contribution in [2.24, 2.45) is 0 Å². The third kappa shape index (κ3) is 3.25. The van der Waals surface area contributed by atoms with Gasteiger partial charge in [-0.15, -0.1) is 11.3 Å². The normalized spacial score (nSPS) is 9.67. The van der Waals surface area contributed by atoms with E-state index in [1.165, 1.54) is 6.07 Å². The van der Waals surface area contributed by atoms with Crippen LogP contribution in [-0.2, 0) is 9.53 Å². The number of rotatable bonds is 5. The van der Waals surface area contributed by atoms with Crippen LogP contribution in [0.3, 0.4) is 0 Å². The molecular weight excluding hydrogens is 220 g/mol. The number of ether oxygens (including phenoxy) is 2. The highest BCUT2D eigenvalue weighted by molar-refractivity contribution is 7.12. The Morgan fingerprint density at radius 2 is 2.27 bits per heavy atom. The number of carbonyl (C=O) groups is 2. The van der Waals surface area contributed by atoms with E-state index >= 15 is 0 Å². The van der Waals surface area contributed by atoms with Crippen molar-refractivity contribution < 1.29 is 24.2 Å². The smallest absolute Gasteiger partial charge is 0.349 e. The standard InChI is InChI=1S/C9H10O5S/c1-2-13-7(10)5-14-6-3-4-15-8(6)9(11)12/h3-4H,2,5H2,1H3,(H,11,12). The highest BCUT2D eigenvalue weighted by Crippen LogP contribution is 2.24. The van der Waals surface area contributed by atoms with Gasteiger partial charge in [0.15, 0.2) is 11.5 Å². The van der Waals surface area contributed by atoms with Gasteiger partial charge in [0.2, 0.25) is 0 Å². The zero-order valence-corrected chi connectivity index (χ0v) is 8.87. The zero-order valence-electron chi connectivity index (χ0n) is 8.06. The quantitative estimate of drug-likeness (QED) is 0.774. The fourth-order valence-electron chi connectivity index (χ4n) is 0.906. The summed E-state index contributed by atoms with van der Waals surface area (Å²) in [7, 11) is 0. The molecular formula is C9H10O5S. The van der Waals surface area contributed by atoms with Crippen molar-refractivity contribution in [2.75, 3.05) is 13.2 Å². The number of carboxylic acid groups (broad SMARTS) is 1. The average molecular weight is 230 g/mol. The number of esters is 1.